The van der Waals surface area contributed by atoms with Gasteiger partial charge in [0.05, 0.1) is 24.1 Å². The third-order valence-corrected chi connectivity index (χ3v) is 3.11. The molecule has 6 nitrogen and oxygen atoms in total. The van der Waals surface area contributed by atoms with Crippen molar-refractivity contribution in [2.45, 2.75) is 32.3 Å². The van der Waals surface area contributed by atoms with Crippen molar-refractivity contribution in [3.8, 4) is 0 Å². The van der Waals surface area contributed by atoms with E-state index in [0.29, 0.717) is 11.3 Å². The van der Waals surface area contributed by atoms with Crippen molar-refractivity contribution >= 4 is 5.91 Å². The van der Waals surface area contributed by atoms with Crippen molar-refractivity contribution in [1.82, 2.24) is 15.1 Å². The Hall–Kier alpha value is -2.08. The molecule has 0 spiro atoms. The summed E-state index contributed by atoms with van der Waals surface area (Å²) in [6.45, 7) is 6.10. The molecule has 2 aromatic heterocycles. The van der Waals surface area contributed by atoms with E-state index in [2.05, 4.69) is 10.4 Å². The summed E-state index contributed by atoms with van der Waals surface area (Å²) >= 11 is 0. The third kappa shape index (κ3) is 3.52. The number of rotatable bonds is 4. The molecule has 2 aromatic rings. The minimum absolute atomic E-state index is 0.0881. The highest BCUT2D eigenvalue weighted by Crippen LogP contribution is 2.24. The number of aliphatic hydroxyl groups excluding tert-OH is 1. The van der Waals surface area contributed by atoms with Gasteiger partial charge in [0, 0.05) is 18.7 Å². The SMILES string of the molecule is Cn1cc(C(=O)NCC(O)c2ccco2)c(C(C)(C)C)n1. The lowest BCUT2D eigenvalue weighted by atomic mass is 9.89. The van der Waals surface area contributed by atoms with Gasteiger partial charge in [-0.05, 0) is 12.1 Å². The zero-order valence-corrected chi connectivity index (χ0v) is 12.8. The number of hydrogen-bond donors (Lipinski definition) is 2. The molecule has 6 heteroatoms. The average Bonchev–Trinajstić information content (AvgIpc) is 3.03. The summed E-state index contributed by atoms with van der Waals surface area (Å²) in [7, 11) is 1.78. The lowest BCUT2D eigenvalue weighted by Crippen LogP contribution is -2.30. The molecule has 0 bridgehead atoms. The number of amides is 1. The van der Waals surface area contributed by atoms with Gasteiger partial charge in [-0.2, -0.15) is 5.10 Å². The zero-order chi connectivity index (χ0) is 15.6. The van der Waals surface area contributed by atoms with Crippen LogP contribution in [0.2, 0.25) is 0 Å². The van der Waals surface area contributed by atoms with Gasteiger partial charge in [0.15, 0.2) is 0 Å². The number of furan rings is 1. The second kappa shape index (κ2) is 5.73. The van der Waals surface area contributed by atoms with Crippen LogP contribution in [0.1, 0.15) is 48.7 Å². The Bertz CT molecular complexity index is 609. The normalized spacial score (nSPS) is 13.2. The highest BCUT2D eigenvalue weighted by molar-refractivity contribution is 5.95. The van der Waals surface area contributed by atoms with Gasteiger partial charge in [0.1, 0.15) is 11.9 Å². The lowest BCUT2D eigenvalue weighted by molar-refractivity contribution is 0.0899. The summed E-state index contributed by atoms with van der Waals surface area (Å²) in [4.78, 5) is 12.3. The molecule has 2 rings (SSSR count). The number of hydrogen-bond acceptors (Lipinski definition) is 4. The second-order valence-corrected chi connectivity index (χ2v) is 6.06. The summed E-state index contributed by atoms with van der Waals surface area (Å²) < 4.78 is 6.72. The Morgan fingerprint density at radius 2 is 2.24 bits per heavy atom. The van der Waals surface area contributed by atoms with Crippen molar-refractivity contribution in [2.24, 2.45) is 7.05 Å². The molecular formula is C15H21N3O3. The summed E-state index contributed by atoms with van der Waals surface area (Å²) in [5.74, 6) is 0.177. The number of nitrogens with one attached hydrogen (secondary N) is 1. The molecule has 1 atom stereocenters. The first-order valence-electron chi connectivity index (χ1n) is 6.83. The van der Waals surface area contributed by atoms with Crippen molar-refractivity contribution in [2.75, 3.05) is 6.54 Å². The fourth-order valence-electron chi connectivity index (χ4n) is 2.07. The molecule has 0 saturated heterocycles. The fraction of sp³-hybridized carbons (Fsp3) is 0.467. The van der Waals surface area contributed by atoms with E-state index in [4.69, 9.17) is 4.42 Å². The number of nitrogens with zero attached hydrogens (tertiary/aromatic N) is 2. The Morgan fingerprint density at radius 1 is 1.52 bits per heavy atom. The van der Waals surface area contributed by atoms with Crippen LogP contribution in [0.25, 0.3) is 0 Å². The largest absolute Gasteiger partial charge is 0.467 e. The molecule has 0 aromatic carbocycles. The van der Waals surface area contributed by atoms with Crippen LogP contribution in [0.3, 0.4) is 0 Å². The van der Waals surface area contributed by atoms with E-state index < -0.39 is 6.10 Å². The molecule has 0 aliphatic heterocycles. The minimum Gasteiger partial charge on any atom is -0.467 e. The molecule has 1 amide bonds. The fourth-order valence-corrected chi connectivity index (χ4v) is 2.07. The van der Waals surface area contributed by atoms with Gasteiger partial charge in [-0.3, -0.25) is 9.48 Å². The van der Waals surface area contributed by atoms with Gasteiger partial charge < -0.3 is 14.8 Å². The van der Waals surface area contributed by atoms with E-state index in [-0.39, 0.29) is 17.9 Å². The van der Waals surface area contributed by atoms with Crippen LogP contribution in [0.4, 0.5) is 0 Å². The molecule has 21 heavy (non-hydrogen) atoms. The van der Waals surface area contributed by atoms with Gasteiger partial charge in [0.2, 0.25) is 0 Å². The Balaban J connectivity index is 2.07. The highest BCUT2D eigenvalue weighted by Gasteiger charge is 2.26. The molecule has 0 fully saturated rings. The van der Waals surface area contributed by atoms with Gasteiger partial charge in [0.25, 0.3) is 5.91 Å². The number of carbonyl (C=O) groups excluding carboxylic acids is 1. The van der Waals surface area contributed by atoms with E-state index >= 15 is 0 Å². The average molecular weight is 291 g/mol. The maximum Gasteiger partial charge on any atom is 0.254 e. The van der Waals surface area contributed by atoms with E-state index in [1.165, 1.54) is 6.26 Å². The van der Waals surface area contributed by atoms with Gasteiger partial charge in [-0.25, -0.2) is 0 Å². The smallest absolute Gasteiger partial charge is 0.254 e. The molecule has 2 N–H and O–H groups in total. The van der Waals surface area contributed by atoms with Crippen molar-refractivity contribution in [3.05, 3.63) is 41.6 Å². The van der Waals surface area contributed by atoms with Crippen LogP contribution < -0.4 is 5.32 Å². The first-order valence-corrected chi connectivity index (χ1v) is 6.83. The predicted octanol–water partition coefficient (Wildman–Crippen LogP) is 1.77. The zero-order valence-electron chi connectivity index (χ0n) is 12.8. The van der Waals surface area contributed by atoms with E-state index in [1.807, 2.05) is 20.8 Å². The van der Waals surface area contributed by atoms with E-state index in [0.717, 1.165) is 5.69 Å². The minimum atomic E-state index is -0.862. The maximum atomic E-state index is 12.3. The molecule has 0 radical (unpaired) electrons. The van der Waals surface area contributed by atoms with Crippen molar-refractivity contribution < 1.29 is 14.3 Å². The molecular weight excluding hydrogens is 270 g/mol. The number of aliphatic hydroxyl groups is 1. The van der Waals surface area contributed by atoms with Crippen molar-refractivity contribution in [3.63, 3.8) is 0 Å². The highest BCUT2D eigenvalue weighted by atomic mass is 16.4. The summed E-state index contributed by atoms with van der Waals surface area (Å²) in [6.07, 6.45) is 2.31. The van der Waals surface area contributed by atoms with Gasteiger partial charge in [-0.15, -0.1) is 0 Å². The second-order valence-electron chi connectivity index (χ2n) is 6.06. The molecule has 0 aliphatic rings. The Labute approximate surface area is 123 Å². The first-order chi connectivity index (χ1) is 9.79. The van der Waals surface area contributed by atoms with Crippen LogP contribution in [0.15, 0.2) is 29.0 Å². The maximum absolute atomic E-state index is 12.3. The monoisotopic (exact) mass is 291 g/mol. The predicted molar refractivity (Wildman–Crippen MR) is 77.9 cm³/mol. The first kappa shape index (κ1) is 15.3. The molecule has 1 unspecified atom stereocenters. The number of carbonyl (C=O) groups is 1. The van der Waals surface area contributed by atoms with Crippen LogP contribution in [0.5, 0.6) is 0 Å². The molecule has 114 valence electrons. The van der Waals surface area contributed by atoms with Gasteiger partial charge >= 0.3 is 0 Å². The molecule has 0 aliphatic carbocycles. The van der Waals surface area contributed by atoms with Crippen LogP contribution in [0, 0.1) is 0 Å². The Morgan fingerprint density at radius 3 is 2.81 bits per heavy atom. The van der Waals surface area contributed by atoms with Gasteiger partial charge in [-0.1, -0.05) is 20.8 Å². The number of aryl methyl sites for hydroxylation is 1. The summed E-state index contributed by atoms with van der Waals surface area (Å²) in [5, 5.41) is 17.0. The van der Waals surface area contributed by atoms with Crippen LogP contribution >= 0.6 is 0 Å². The molecule has 0 saturated carbocycles. The summed E-state index contributed by atoms with van der Waals surface area (Å²) in [5.41, 5.74) is 1.03. The van der Waals surface area contributed by atoms with Crippen LogP contribution in [-0.2, 0) is 12.5 Å². The van der Waals surface area contributed by atoms with E-state index in [1.54, 1.807) is 30.1 Å². The van der Waals surface area contributed by atoms with E-state index in [9.17, 15) is 9.90 Å². The quantitative estimate of drug-likeness (QED) is 0.899. The topological polar surface area (TPSA) is 80.3 Å². The Kier molecular flexibility index (Phi) is 4.18. The van der Waals surface area contributed by atoms with Crippen LogP contribution in [-0.4, -0.2) is 27.3 Å². The third-order valence-electron chi connectivity index (χ3n) is 3.11. The standard InChI is InChI=1S/C15H21N3O3/c1-15(2,3)13-10(9-18(4)17-13)14(20)16-8-11(19)12-6-5-7-21-12/h5-7,9,11,19H,8H2,1-4H3,(H,16,20). The summed E-state index contributed by atoms with van der Waals surface area (Å²) in [6, 6.07) is 3.36. The van der Waals surface area contributed by atoms with Crippen molar-refractivity contribution in [1.29, 1.82) is 0 Å². The lowest BCUT2D eigenvalue weighted by Gasteiger charge is -2.17. The number of aromatic nitrogens is 2. The molecule has 2 heterocycles.